The van der Waals surface area contributed by atoms with Crippen molar-refractivity contribution >= 4 is 27.3 Å². The first kappa shape index (κ1) is 8.80. The minimum Gasteiger partial charge on any atom is -0.369 e. The highest BCUT2D eigenvalue weighted by molar-refractivity contribution is 7.89. The number of nitrogens with zero attached hydrogens (tertiary/aromatic N) is 2. The van der Waals surface area contributed by atoms with Gasteiger partial charge in [0.25, 0.3) is 0 Å². The molecular weight excluding hydrogens is 395 g/mol. The first-order valence-corrected chi connectivity index (χ1v) is 9.81. The fraction of sp³-hybridized carbons (Fsp3) is 0.650. The SMILES string of the molecule is [2H]c1c(F)c([2H])c(N2C([2H])C([2H])N(CCCCN([2H])S(=O)(=O)C([2H])([2H])C([2H])(C([2H])([2H])[2H])C([2H])([2H])[2H])C([2H])C2[2H])c([2H])c1N([2H])C(C)=O. The third kappa shape index (κ3) is 8.67. The minimum absolute atomic E-state index is 0.0265. The van der Waals surface area contributed by atoms with E-state index in [2.05, 4.69) is 0 Å². The molecule has 1 aliphatic heterocycles. The number of benzene rings is 1. The molecule has 2 N–H and O–H groups in total. The molecule has 4 unspecified atom stereocenters. The summed E-state index contributed by atoms with van der Waals surface area (Å²) in [6.45, 7) is -15.4. The second-order valence-electron chi connectivity index (χ2n) is 5.77. The highest BCUT2D eigenvalue weighted by atomic mass is 32.2. The third-order valence-electron chi connectivity index (χ3n) is 3.37. The van der Waals surface area contributed by atoms with E-state index < -0.39 is 114 Å². The fourth-order valence-corrected chi connectivity index (χ4v) is 2.91. The lowest BCUT2D eigenvalue weighted by Crippen LogP contribution is -2.46. The third-order valence-corrected chi connectivity index (χ3v) is 4.36. The Kier molecular flexibility index (Phi) is 3.31. The molecule has 1 aromatic carbocycles. The summed E-state index contributed by atoms with van der Waals surface area (Å²) in [5.41, 5.74) is -5.98. The van der Waals surface area contributed by atoms with Crippen LogP contribution < -0.4 is 14.9 Å². The molecule has 1 amide bonds. The Morgan fingerprint density at radius 2 is 2.10 bits per heavy atom. The largest absolute Gasteiger partial charge is 0.369 e. The van der Waals surface area contributed by atoms with Crippen molar-refractivity contribution in [3.05, 3.63) is 23.9 Å². The van der Waals surface area contributed by atoms with Gasteiger partial charge in [-0.15, -0.1) is 0 Å². The van der Waals surface area contributed by atoms with E-state index in [0.29, 0.717) is 4.90 Å². The van der Waals surface area contributed by atoms with Gasteiger partial charge in [0.2, 0.25) is 15.9 Å². The predicted octanol–water partition coefficient (Wildman–Crippen LogP) is 2.26. The normalized spacial score (nSPS) is 36.7. The Morgan fingerprint density at radius 3 is 2.76 bits per heavy atom. The Hall–Kier alpha value is -1.71. The van der Waals surface area contributed by atoms with E-state index in [-0.39, 0.29) is 24.7 Å². The van der Waals surface area contributed by atoms with Crippen LogP contribution in [0.2, 0.25) is 2.82 Å². The van der Waals surface area contributed by atoms with Gasteiger partial charge in [0.05, 0.1) is 12.6 Å². The highest BCUT2D eigenvalue weighted by Gasteiger charge is 2.18. The van der Waals surface area contributed by atoms with Crippen molar-refractivity contribution in [2.45, 2.75) is 33.5 Å². The maximum Gasteiger partial charge on any atom is 0.221 e. The maximum absolute atomic E-state index is 14.9. The van der Waals surface area contributed by atoms with Crippen LogP contribution in [0.5, 0.6) is 0 Å². The number of amides is 1. The molecule has 29 heavy (non-hydrogen) atoms. The summed E-state index contributed by atoms with van der Waals surface area (Å²) in [5.74, 6) is -6.78. The van der Waals surface area contributed by atoms with Crippen LogP contribution >= 0.6 is 0 Å². The van der Waals surface area contributed by atoms with Crippen LogP contribution in [0.4, 0.5) is 15.8 Å². The van der Waals surface area contributed by atoms with Crippen LogP contribution in [0.15, 0.2) is 18.1 Å². The van der Waals surface area contributed by atoms with Crippen molar-refractivity contribution in [1.29, 1.82) is 0 Å². The standard InChI is InChI=1S/C20H33FN4O3S/c1-16(2)15-29(27,28)22-6-4-5-7-24-8-10-25(11-9-24)20-13-18(21)12-19(14-20)23-17(3)26/h12-14,16,22H,4-11,15H2,1-3H3,(H,23,26)/i1D3,2D3,8D,9D,10D,11D,12D,13D,14D,15D2,16D/hD2. The van der Waals surface area contributed by atoms with Gasteiger partial charge < -0.3 is 10.2 Å². The molecule has 1 heterocycles. The van der Waals surface area contributed by atoms with E-state index in [1.807, 2.05) is 0 Å². The number of unbranched alkanes of at least 4 members (excludes halogenated alkanes) is 1. The molecule has 0 radical (unpaired) electrons. The van der Waals surface area contributed by atoms with Crippen molar-refractivity contribution in [3.63, 3.8) is 0 Å². The number of nitrogens with one attached hydrogen (secondary N) is 2. The summed E-state index contributed by atoms with van der Waals surface area (Å²) >= 11 is 0. The highest BCUT2D eigenvalue weighted by Crippen LogP contribution is 2.23. The second kappa shape index (κ2) is 10.9. The summed E-state index contributed by atoms with van der Waals surface area (Å²) < 4.78 is 182. The van der Waals surface area contributed by atoms with Crippen LogP contribution in [-0.2, 0) is 14.8 Å². The van der Waals surface area contributed by atoms with Crippen molar-refractivity contribution in [2.24, 2.45) is 5.89 Å². The monoisotopic (exact) mass is 446 g/mol. The van der Waals surface area contributed by atoms with Gasteiger partial charge in [-0.25, -0.2) is 17.5 Å². The Bertz CT molecular complexity index is 1420. The number of carbonyl (C=O) groups is 1. The first-order chi connectivity index (χ1) is 21.0. The molecule has 4 atom stereocenters. The van der Waals surface area contributed by atoms with Crippen LogP contribution in [-0.4, -0.2) is 64.1 Å². The van der Waals surface area contributed by atoms with Gasteiger partial charge in [0.15, 0.2) is 1.41 Å². The average Bonchev–Trinajstić information content (AvgIpc) is 2.94. The lowest BCUT2D eigenvalue weighted by atomic mass is 10.2. The van der Waals surface area contributed by atoms with E-state index in [9.17, 15) is 17.6 Å². The summed E-state index contributed by atoms with van der Waals surface area (Å²) in [6.07, 6.45) is -0.497. The summed E-state index contributed by atoms with van der Waals surface area (Å²) in [6, 6.07) is -3.20. The Labute approximate surface area is 199 Å². The summed E-state index contributed by atoms with van der Waals surface area (Å²) in [4.78, 5) is 13.3. The predicted molar refractivity (Wildman–Crippen MR) is 115 cm³/mol. The van der Waals surface area contributed by atoms with Gasteiger partial charge in [-0.3, -0.25) is 9.69 Å². The van der Waals surface area contributed by atoms with Gasteiger partial charge in [-0.2, -0.15) is 0 Å². The lowest BCUT2D eigenvalue weighted by Gasteiger charge is -2.36. The molecule has 9 heteroatoms. The number of anilines is 2. The zero-order valence-corrected chi connectivity index (χ0v) is 16.3. The Balaban J connectivity index is 2.28. The Morgan fingerprint density at radius 1 is 1.38 bits per heavy atom. The summed E-state index contributed by atoms with van der Waals surface area (Å²) in [5, 5.41) is 0.0265. The minimum atomic E-state index is -5.72. The van der Waals surface area contributed by atoms with Crippen molar-refractivity contribution < 1.29 is 42.4 Å². The van der Waals surface area contributed by atoms with Gasteiger partial charge in [-0.05, 0) is 43.4 Å². The van der Waals surface area contributed by atoms with Crippen LogP contribution in [0, 0.1) is 11.7 Å². The number of hydrogen-bond acceptors (Lipinski definition) is 5. The number of sulfonamides is 1. The quantitative estimate of drug-likeness (QED) is 0.539. The van der Waals surface area contributed by atoms with E-state index in [1.54, 1.807) is 0 Å². The topological polar surface area (TPSA) is 81.8 Å². The zero-order valence-electron chi connectivity index (χ0n) is 33.4. The molecule has 0 spiro atoms. The summed E-state index contributed by atoms with van der Waals surface area (Å²) in [7, 11) is -5.72. The molecule has 1 saturated heterocycles. The van der Waals surface area contributed by atoms with E-state index in [4.69, 9.17) is 24.8 Å². The van der Waals surface area contributed by atoms with E-state index in [1.165, 1.54) is 0 Å². The van der Waals surface area contributed by atoms with E-state index >= 15 is 0 Å². The molecule has 1 aromatic rings. The van der Waals surface area contributed by atoms with Crippen LogP contribution in [0.1, 0.15) is 55.4 Å². The van der Waals surface area contributed by atoms with Crippen LogP contribution in [0.3, 0.4) is 0 Å². The molecular formula is C20H33FN4O3S. The van der Waals surface area contributed by atoms with Gasteiger partial charge >= 0.3 is 0 Å². The molecule has 0 saturated carbocycles. The molecule has 1 fully saturated rings. The molecule has 2 rings (SSSR count). The van der Waals surface area contributed by atoms with Gasteiger partial charge in [0, 0.05) is 66.0 Å². The lowest BCUT2D eigenvalue weighted by molar-refractivity contribution is -0.114. The number of carbonyl (C=O) groups excluding carboxylic acids is 1. The van der Waals surface area contributed by atoms with E-state index in [0.717, 1.165) is 11.8 Å². The molecule has 0 aliphatic carbocycles. The number of rotatable bonds is 10. The first-order valence-electron chi connectivity index (χ1n) is 17.6. The molecule has 0 bridgehead atoms. The van der Waals surface area contributed by atoms with Gasteiger partial charge in [-0.1, -0.05) is 13.7 Å². The van der Waals surface area contributed by atoms with Gasteiger partial charge in [0.1, 0.15) is 7.23 Å². The number of piperazine rings is 1. The molecule has 1 aliphatic rings. The van der Waals surface area contributed by atoms with Crippen molar-refractivity contribution in [1.82, 2.24) is 9.62 Å². The average molecular weight is 447 g/mol. The number of halogens is 1. The molecule has 7 nitrogen and oxygen atoms in total. The maximum atomic E-state index is 14.9. The molecule has 164 valence electrons. The van der Waals surface area contributed by atoms with Crippen molar-refractivity contribution in [3.8, 4) is 0 Å². The molecule has 0 aromatic heterocycles. The zero-order chi connectivity index (χ0) is 37.0. The van der Waals surface area contributed by atoms with Crippen molar-refractivity contribution in [2.75, 3.05) is 55.1 Å². The van der Waals surface area contributed by atoms with Crippen LogP contribution in [0.25, 0.3) is 0 Å². The number of hydrogen-bond donors (Lipinski definition) is 2. The smallest absolute Gasteiger partial charge is 0.221 e. The fourth-order valence-electron chi connectivity index (χ4n) is 2.22. The second-order valence-corrected chi connectivity index (χ2v) is 7.18.